The Morgan fingerprint density at radius 2 is 1.79 bits per heavy atom. The Morgan fingerprint density at radius 1 is 1.04 bits per heavy atom. The van der Waals surface area contributed by atoms with Crippen molar-refractivity contribution in [2.24, 2.45) is 5.10 Å². The molecule has 0 unspecified atom stereocenters. The maximum Gasteiger partial charge on any atom is 0.288 e. The van der Waals surface area contributed by atoms with Crippen molar-refractivity contribution in [2.75, 3.05) is 0 Å². The number of hydrogen-bond acceptors (Lipinski definition) is 2. The minimum atomic E-state index is -0.416. The number of nitrogens with zero attached hydrogens (tertiary/aromatic N) is 1. The fraction of sp³-hybridized carbons (Fsp3) is 0. The third kappa shape index (κ3) is 3.66. The summed E-state index contributed by atoms with van der Waals surface area (Å²) in [6.45, 7) is 0. The first-order chi connectivity index (χ1) is 13.6. The van der Waals surface area contributed by atoms with Crippen LogP contribution >= 0.6 is 11.6 Å². The zero-order chi connectivity index (χ0) is 19.5. The highest BCUT2D eigenvalue weighted by Gasteiger charge is 2.19. The van der Waals surface area contributed by atoms with Crippen molar-refractivity contribution in [3.63, 3.8) is 0 Å². The van der Waals surface area contributed by atoms with Gasteiger partial charge in [-0.05, 0) is 41.5 Å². The lowest BCUT2D eigenvalue weighted by molar-refractivity contribution is 0.0951. The zero-order valence-corrected chi connectivity index (χ0v) is 15.4. The molecule has 4 rings (SSSR count). The SMILES string of the molecule is O=C(NN=Cc1ccc(Cl)cc1)c1[nH]c2ccc(F)cc2c1-c1ccccc1. The molecule has 28 heavy (non-hydrogen) atoms. The summed E-state index contributed by atoms with van der Waals surface area (Å²) in [5.41, 5.74) is 5.76. The van der Waals surface area contributed by atoms with Crippen LogP contribution in [0.2, 0.25) is 5.02 Å². The first-order valence-electron chi connectivity index (χ1n) is 8.57. The van der Waals surface area contributed by atoms with Crippen molar-refractivity contribution < 1.29 is 9.18 Å². The number of carbonyl (C=O) groups is 1. The number of fused-ring (bicyclic) bond motifs is 1. The van der Waals surface area contributed by atoms with E-state index >= 15 is 0 Å². The molecule has 0 fully saturated rings. The average molecular weight is 392 g/mol. The van der Waals surface area contributed by atoms with Crippen LogP contribution in [0.25, 0.3) is 22.0 Å². The normalized spacial score (nSPS) is 11.2. The van der Waals surface area contributed by atoms with E-state index in [1.807, 2.05) is 30.3 Å². The van der Waals surface area contributed by atoms with Crippen molar-refractivity contribution >= 4 is 34.6 Å². The number of nitrogens with one attached hydrogen (secondary N) is 2. The van der Waals surface area contributed by atoms with Crippen LogP contribution in [0.5, 0.6) is 0 Å². The van der Waals surface area contributed by atoms with Gasteiger partial charge in [-0.25, -0.2) is 9.82 Å². The highest BCUT2D eigenvalue weighted by Crippen LogP contribution is 2.32. The van der Waals surface area contributed by atoms with Gasteiger partial charge in [-0.3, -0.25) is 4.79 Å². The Labute approximate surface area is 165 Å². The van der Waals surface area contributed by atoms with Gasteiger partial charge in [-0.2, -0.15) is 5.10 Å². The third-order valence-electron chi connectivity index (χ3n) is 4.30. The fourth-order valence-electron chi connectivity index (χ4n) is 3.01. The number of H-pyrrole nitrogens is 1. The second-order valence-electron chi connectivity index (χ2n) is 6.18. The maximum absolute atomic E-state index is 13.8. The largest absolute Gasteiger partial charge is 0.350 e. The predicted octanol–water partition coefficient (Wildman–Crippen LogP) is 5.39. The molecule has 1 heterocycles. The summed E-state index contributed by atoms with van der Waals surface area (Å²) in [5.74, 6) is -0.780. The molecular formula is C22H15ClFN3O. The van der Waals surface area contributed by atoms with Crippen LogP contribution in [0.1, 0.15) is 16.1 Å². The van der Waals surface area contributed by atoms with Crippen LogP contribution in [0.15, 0.2) is 77.9 Å². The standard InChI is InChI=1S/C22H15ClFN3O/c23-16-8-6-14(7-9-16)13-25-27-22(28)21-20(15-4-2-1-3-5-15)18-12-17(24)10-11-19(18)26-21/h1-13,26H,(H,27,28). The molecule has 0 aliphatic rings. The van der Waals surface area contributed by atoms with Crippen LogP contribution in [-0.2, 0) is 0 Å². The van der Waals surface area contributed by atoms with Gasteiger partial charge in [-0.15, -0.1) is 0 Å². The molecule has 4 nitrogen and oxygen atoms in total. The molecule has 0 spiro atoms. The summed E-state index contributed by atoms with van der Waals surface area (Å²) in [4.78, 5) is 15.8. The van der Waals surface area contributed by atoms with Gasteiger partial charge in [0.1, 0.15) is 11.5 Å². The van der Waals surface area contributed by atoms with E-state index in [9.17, 15) is 9.18 Å². The van der Waals surface area contributed by atoms with Crippen molar-refractivity contribution in [1.29, 1.82) is 0 Å². The summed E-state index contributed by atoms with van der Waals surface area (Å²) in [6.07, 6.45) is 1.53. The summed E-state index contributed by atoms with van der Waals surface area (Å²) < 4.78 is 13.8. The van der Waals surface area contributed by atoms with E-state index in [0.29, 0.717) is 27.2 Å². The number of amides is 1. The number of aromatic nitrogens is 1. The second-order valence-corrected chi connectivity index (χ2v) is 6.62. The minimum Gasteiger partial charge on any atom is -0.350 e. The first kappa shape index (κ1) is 17.9. The molecule has 2 N–H and O–H groups in total. The maximum atomic E-state index is 13.8. The monoisotopic (exact) mass is 391 g/mol. The number of hydrogen-bond donors (Lipinski definition) is 2. The Kier molecular flexibility index (Phi) is 4.91. The lowest BCUT2D eigenvalue weighted by atomic mass is 10.0. The first-order valence-corrected chi connectivity index (χ1v) is 8.95. The molecule has 1 amide bonds. The van der Waals surface area contributed by atoms with Crippen molar-refractivity contribution in [1.82, 2.24) is 10.4 Å². The topological polar surface area (TPSA) is 57.2 Å². The van der Waals surface area contributed by atoms with Crippen LogP contribution < -0.4 is 5.43 Å². The number of benzene rings is 3. The van der Waals surface area contributed by atoms with Gasteiger partial charge in [-0.1, -0.05) is 54.1 Å². The quantitative estimate of drug-likeness (QED) is 0.355. The van der Waals surface area contributed by atoms with Gasteiger partial charge in [0.2, 0.25) is 0 Å². The van der Waals surface area contributed by atoms with Gasteiger partial charge in [0.05, 0.1) is 6.21 Å². The van der Waals surface area contributed by atoms with Crippen molar-refractivity contribution in [3.05, 3.63) is 94.9 Å². The molecular weight excluding hydrogens is 377 g/mol. The van der Waals surface area contributed by atoms with E-state index < -0.39 is 5.91 Å². The Balaban J connectivity index is 1.69. The second kappa shape index (κ2) is 7.66. The number of carbonyl (C=O) groups excluding carboxylic acids is 1. The molecule has 0 saturated carbocycles. The fourth-order valence-corrected chi connectivity index (χ4v) is 3.14. The van der Waals surface area contributed by atoms with E-state index in [0.717, 1.165) is 11.1 Å². The van der Waals surface area contributed by atoms with Crippen LogP contribution in [0, 0.1) is 5.82 Å². The molecule has 3 aromatic carbocycles. The van der Waals surface area contributed by atoms with Gasteiger partial charge in [0.15, 0.2) is 0 Å². The Morgan fingerprint density at radius 3 is 2.54 bits per heavy atom. The van der Waals surface area contributed by atoms with Gasteiger partial charge in [0, 0.05) is 21.5 Å². The van der Waals surface area contributed by atoms with Gasteiger partial charge in [0.25, 0.3) is 5.91 Å². The molecule has 0 saturated heterocycles. The summed E-state index contributed by atoms with van der Waals surface area (Å²) in [7, 11) is 0. The molecule has 4 aromatic rings. The molecule has 6 heteroatoms. The highest BCUT2D eigenvalue weighted by atomic mass is 35.5. The van der Waals surface area contributed by atoms with E-state index in [4.69, 9.17) is 11.6 Å². The molecule has 138 valence electrons. The third-order valence-corrected chi connectivity index (χ3v) is 4.55. The lowest BCUT2D eigenvalue weighted by Gasteiger charge is -2.04. The zero-order valence-electron chi connectivity index (χ0n) is 14.6. The smallest absolute Gasteiger partial charge is 0.288 e. The molecule has 1 aromatic heterocycles. The number of hydrazone groups is 1. The molecule has 0 aliphatic carbocycles. The number of rotatable bonds is 4. The van der Waals surface area contributed by atoms with E-state index in [2.05, 4.69) is 15.5 Å². The number of halogens is 2. The Bertz CT molecular complexity index is 1170. The molecule has 0 atom stereocenters. The number of aromatic amines is 1. The molecule has 0 aliphatic heterocycles. The van der Waals surface area contributed by atoms with E-state index in [1.165, 1.54) is 18.3 Å². The van der Waals surface area contributed by atoms with Crippen LogP contribution in [0.4, 0.5) is 4.39 Å². The van der Waals surface area contributed by atoms with Gasteiger partial charge < -0.3 is 4.98 Å². The van der Waals surface area contributed by atoms with Crippen molar-refractivity contribution in [3.8, 4) is 11.1 Å². The van der Waals surface area contributed by atoms with E-state index in [1.54, 1.807) is 30.3 Å². The Hall–Kier alpha value is -3.44. The van der Waals surface area contributed by atoms with E-state index in [-0.39, 0.29) is 5.82 Å². The van der Waals surface area contributed by atoms with Crippen LogP contribution in [-0.4, -0.2) is 17.1 Å². The van der Waals surface area contributed by atoms with Crippen LogP contribution in [0.3, 0.4) is 0 Å². The predicted molar refractivity (Wildman–Crippen MR) is 110 cm³/mol. The summed E-state index contributed by atoms with van der Waals surface area (Å²) in [5, 5.41) is 5.27. The molecule has 0 bridgehead atoms. The molecule has 0 radical (unpaired) electrons. The average Bonchev–Trinajstić information content (AvgIpc) is 3.09. The lowest BCUT2D eigenvalue weighted by Crippen LogP contribution is -2.18. The van der Waals surface area contributed by atoms with Gasteiger partial charge >= 0.3 is 0 Å². The minimum absolute atomic E-state index is 0.319. The summed E-state index contributed by atoms with van der Waals surface area (Å²) in [6, 6.07) is 20.8. The summed E-state index contributed by atoms with van der Waals surface area (Å²) >= 11 is 5.86. The highest BCUT2D eigenvalue weighted by molar-refractivity contribution is 6.30. The van der Waals surface area contributed by atoms with Crippen molar-refractivity contribution in [2.45, 2.75) is 0 Å².